The molecule has 0 unspecified atom stereocenters. The van der Waals surface area contributed by atoms with E-state index in [-0.39, 0.29) is 18.5 Å². The number of nitrogens with zero attached hydrogens (tertiary/aromatic N) is 1. The molecule has 1 aliphatic rings. The number of carbonyl (C=O) groups is 4. The highest BCUT2D eigenvalue weighted by atomic mass is 16.6. The first-order chi connectivity index (χ1) is 13.3. The number of esters is 1. The third-order valence-electron chi connectivity index (χ3n) is 4.03. The van der Waals surface area contributed by atoms with Crippen molar-refractivity contribution in [3.05, 3.63) is 35.4 Å². The lowest BCUT2D eigenvalue weighted by atomic mass is 10.1. The first-order valence-corrected chi connectivity index (χ1v) is 9.08. The van der Waals surface area contributed by atoms with Crippen molar-refractivity contribution in [2.45, 2.75) is 58.2 Å². The Morgan fingerprint density at radius 3 is 1.90 bits per heavy atom. The van der Waals surface area contributed by atoms with Crippen molar-refractivity contribution in [1.29, 1.82) is 0 Å². The third-order valence-corrected chi connectivity index (χ3v) is 4.03. The van der Waals surface area contributed by atoms with Gasteiger partial charge in [0.05, 0.1) is 18.0 Å². The topological polar surface area (TPSA) is 153 Å². The molecule has 2 rings (SSSR count). The van der Waals surface area contributed by atoms with Crippen LogP contribution in [-0.4, -0.2) is 52.9 Å². The molecule has 0 aromatic heterocycles. The van der Waals surface area contributed by atoms with E-state index in [9.17, 15) is 9.59 Å². The van der Waals surface area contributed by atoms with Crippen LogP contribution in [0.5, 0.6) is 0 Å². The molecule has 0 spiro atoms. The second-order valence-corrected chi connectivity index (χ2v) is 7.75. The Labute approximate surface area is 169 Å². The van der Waals surface area contributed by atoms with Crippen LogP contribution in [0.15, 0.2) is 24.3 Å². The Balaban J connectivity index is 0.000000612. The van der Waals surface area contributed by atoms with Gasteiger partial charge in [-0.15, -0.1) is 0 Å². The maximum atomic E-state index is 12.5. The van der Waals surface area contributed by atoms with Crippen molar-refractivity contribution in [1.82, 2.24) is 4.90 Å². The molecule has 1 aliphatic carbocycles. The largest absolute Gasteiger partial charge is 0.543 e. The van der Waals surface area contributed by atoms with Gasteiger partial charge < -0.3 is 35.2 Å². The monoisotopic (exact) mass is 406 g/mol. The molecule has 1 aromatic carbocycles. The van der Waals surface area contributed by atoms with Crippen molar-refractivity contribution in [2.75, 3.05) is 6.54 Å². The van der Waals surface area contributed by atoms with Gasteiger partial charge in [0.15, 0.2) is 0 Å². The van der Waals surface area contributed by atoms with E-state index in [4.69, 9.17) is 30.3 Å². The lowest BCUT2D eigenvalue weighted by Crippen LogP contribution is -2.50. The zero-order chi connectivity index (χ0) is 22.4. The number of ether oxygens (including phenoxy) is 1. The summed E-state index contributed by atoms with van der Waals surface area (Å²) in [5, 5.41) is 17.9. The quantitative estimate of drug-likeness (QED) is 0.452. The summed E-state index contributed by atoms with van der Waals surface area (Å²) < 4.78 is 5.36. The number of amides is 1. The van der Waals surface area contributed by atoms with Gasteiger partial charge in [0.2, 0.25) is 5.91 Å². The van der Waals surface area contributed by atoms with E-state index in [0.29, 0.717) is 0 Å². The van der Waals surface area contributed by atoms with Gasteiger partial charge in [0.25, 0.3) is 0 Å². The molecule has 0 aliphatic heterocycles. The molecule has 0 saturated heterocycles. The first kappa shape index (κ1) is 24.1. The van der Waals surface area contributed by atoms with Crippen molar-refractivity contribution in [3.63, 3.8) is 0 Å². The number of aliphatic carboxylic acids is 2. The summed E-state index contributed by atoms with van der Waals surface area (Å²) in [6, 6.07) is 7.44. The van der Waals surface area contributed by atoms with E-state index >= 15 is 0 Å². The number of hydrogen-bond donors (Lipinski definition) is 1. The van der Waals surface area contributed by atoms with Crippen molar-refractivity contribution < 1.29 is 34.1 Å². The number of fused-ring (bicyclic) bond motifs is 1. The number of carboxylic acids is 2. The molecule has 2 N–H and O–H groups in total. The second kappa shape index (κ2) is 10.0. The molecule has 1 atom stereocenters. The molecule has 0 radical (unpaired) electrons. The summed E-state index contributed by atoms with van der Waals surface area (Å²) in [6.07, 6.45) is 1.49. The minimum absolute atomic E-state index is 0.0431. The maximum absolute atomic E-state index is 12.5. The summed E-state index contributed by atoms with van der Waals surface area (Å²) in [5.41, 5.74) is 7.65. The van der Waals surface area contributed by atoms with Gasteiger partial charge >= 0.3 is 5.97 Å². The Hall–Kier alpha value is -2.94. The summed E-state index contributed by atoms with van der Waals surface area (Å²) >= 11 is 0. The van der Waals surface area contributed by atoms with Crippen LogP contribution in [-0.2, 0) is 36.8 Å². The highest BCUT2D eigenvalue weighted by Gasteiger charge is 2.33. The van der Waals surface area contributed by atoms with Gasteiger partial charge in [-0.05, 0) is 51.7 Å². The van der Waals surface area contributed by atoms with E-state index in [2.05, 4.69) is 12.1 Å². The van der Waals surface area contributed by atoms with Gasteiger partial charge in [0.1, 0.15) is 12.1 Å². The van der Waals surface area contributed by atoms with E-state index in [0.717, 1.165) is 12.8 Å². The minimum Gasteiger partial charge on any atom is -0.543 e. The van der Waals surface area contributed by atoms with Crippen LogP contribution in [0.3, 0.4) is 0 Å². The summed E-state index contributed by atoms with van der Waals surface area (Å²) in [5.74, 6) is -4.99. The molecule has 0 bridgehead atoms. The third kappa shape index (κ3) is 7.90. The number of hydrogen-bond acceptors (Lipinski definition) is 8. The highest BCUT2D eigenvalue weighted by molar-refractivity contribution is 6.25. The van der Waals surface area contributed by atoms with Crippen molar-refractivity contribution >= 4 is 23.8 Å². The predicted octanol–water partition coefficient (Wildman–Crippen LogP) is -1.84. The highest BCUT2D eigenvalue weighted by Crippen LogP contribution is 2.26. The van der Waals surface area contributed by atoms with Gasteiger partial charge in [-0.1, -0.05) is 24.3 Å². The van der Waals surface area contributed by atoms with Gasteiger partial charge in [-0.3, -0.25) is 9.59 Å². The Morgan fingerprint density at radius 1 is 1.10 bits per heavy atom. The molecule has 1 aromatic rings. The van der Waals surface area contributed by atoms with Crippen molar-refractivity contribution in [2.24, 2.45) is 5.73 Å². The standard InChI is InChI=1S/C18H26N2O3.C2H2O4/c1-12(19)17(22)20(11-16(21)23-18(2,3)4)15-9-13-7-5-6-8-14(13)10-15;3-1(4)2(5)6/h5-8,12,15H,9-11,19H2,1-4H3;(H,3,4)(H,5,6)/p-2/t12-;/m0./s1. The van der Waals surface area contributed by atoms with E-state index < -0.39 is 29.6 Å². The fourth-order valence-electron chi connectivity index (χ4n) is 2.92. The average Bonchev–Trinajstić information content (AvgIpc) is 3.01. The SMILES string of the molecule is C[C@H](N)C(=O)N(CC(=O)OC(C)(C)C)C1Cc2ccccc2C1.O=C([O-])C(=O)[O-]. The molecule has 0 fully saturated rings. The van der Waals surface area contributed by atoms with E-state index in [1.807, 2.05) is 32.9 Å². The Morgan fingerprint density at radius 2 is 1.55 bits per heavy atom. The first-order valence-electron chi connectivity index (χ1n) is 9.08. The van der Waals surface area contributed by atoms with Crippen LogP contribution in [0, 0.1) is 0 Å². The number of carbonyl (C=O) groups excluding carboxylic acids is 4. The van der Waals surface area contributed by atoms with Crippen LogP contribution < -0.4 is 15.9 Å². The summed E-state index contributed by atoms with van der Waals surface area (Å²) in [6.45, 7) is 7.03. The van der Waals surface area contributed by atoms with Crippen LogP contribution in [0.4, 0.5) is 0 Å². The molecule has 0 saturated carbocycles. The van der Waals surface area contributed by atoms with Gasteiger partial charge in [0, 0.05) is 6.04 Å². The number of nitrogens with two attached hydrogens (primary N) is 1. The maximum Gasteiger partial charge on any atom is 0.326 e. The van der Waals surface area contributed by atoms with Crippen LogP contribution in [0.1, 0.15) is 38.8 Å². The molecule has 29 heavy (non-hydrogen) atoms. The smallest absolute Gasteiger partial charge is 0.326 e. The zero-order valence-electron chi connectivity index (χ0n) is 17.0. The Bertz CT molecular complexity index is 731. The number of benzene rings is 1. The van der Waals surface area contributed by atoms with Crippen LogP contribution in [0.25, 0.3) is 0 Å². The summed E-state index contributed by atoms with van der Waals surface area (Å²) in [7, 11) is 0. The number of carboxylic acid groups (broad SMARTS) is 2. The molecule has 160 valence electrons. The minimum atomic E-state index is -2.19. The molecule has 1 amide bonds. The van der Waals surface area contributed by atoms with E-state index in [1.54, 1.807) is 11.8 Å². The lowest BCUT2D eigenvalue weighted by molar-refractivity contribution is -0.345. The summed E-state index contributed by atoms with van der Waals surface area (Å²) in [4.78, 5) is 44.1. The zero-order valence-corrected chi connectivity index (χ0v) is 17.0. The van der Waals surface area contributed by atoms with Crippen molar-refractivity contribution in [3.8, 4) is 0 Å². The van der Waals surface area contributed by atoms with Crippen LogP contribution >= 0.6 is 0 Å². The van der Waals surface area contributed by atoms with E-state index in [1.165, 1.54) is 11.1 Å². The predicted molar refractivity (Wildman–Crippen MR) is 98.9 cm³/mol. The molecular formula is C20H26N2O7-2. The lowest BCUT2D eigenvalue weighted by Gasteiger charge is -2.31. The molecular weight excluding hydrogens is 380 g/mol. The van der Waals surface area contributed by atoms with Crippen LogP contribution in [0.2, 0.25) is 0 Å². The molecule has 9 nitrogen and oxygen atoms in total. The fourth-order valence-corrected chi connectivity index (χ4v) is 2.92. The van der Waals surface area contributed by atoms with Gasteiger partial charge in [-0.25, -0.2) is 0 Å². The Kier molecular flexibility index (Phi) is 8.32. The molecule has 9 heteroatoms. The molecule has 0 heterocycles. The average molecular weight is 406 g/mol. The fraction of sp³-hybridized carbons (Fsp3) is 0.500. The van der Waals surface area contributed by atoms with Gasteiger partial charge in [-0.2, -0.15) is 0 Å². The normalized spacial score (nSPS) is 14.1. The second-order valence-electron chi connectivity index (χ2n) is 7.75. The number of rotatable bonds is 4.